The molecule has 0 spiro atoms. The Kier molecular flexibility index (Phi) is 5.66. The second-order valence-electron chi connectivity index (χ2n) is 6.46. The van der Waals surface area contributed by atoms with E-state index in [4.69, 9.17) is 4.74 Å². The third-order valence-electron chi connectivity index (χ3n) is 4.66. The van der Waals surface area contributed by atoms with Crippen LogP contribution in [0.5, 0.6) is 0 Å². The summed E-state index contributed by atoms with van der Waals surface area (Å²) in [6.45, 7) is 3.43. The predicted molar refractivity (Wildman–Crippen MR) is 98.2 cm³/mol. The maximum atomic E-state index is 12.8. The van der Waals surface area contributed by atoms with Crippen molar-refractivity contribution in [3.63, 3.8) is 0 Å². The SMILES string of the molecule is CCCC[C@@H](c1cccnc1)N(C)C(=O)Nc1ccc2c(c1)COC2. The van der Waals surface area contributed by atoms with Crippen molar-refractivity contribution in [2.45, 2.75) is 45.4 Å². The number of ether oxygens (including phenoxy) is 1. The first-order chi connectivity index (χ1) is 12.2. The first-order valence-electron chi connectivity index (χ1n) is 8.82. The lowest BCUT2D eigenvalue weighted by atomic mass is 10.0. The highest BCUT2D eigenvalue weighted by Gasteiger charge is 2.22. The van der Waals surface area contributed by atoms with Gasteiger partial charge in [0.1, 0.15) is 0 Å². The number of anilines is 1. The monoisotopic (exact) mass is 339 g/mol. The molecule has 3 rings (SSSR count). The number of carbonyl (C=O) groups excluding carboxylic acids is 1. The minimum absolute atomic E-state index is 0.0198. The van der Waals surface area contributed by atoms with Crippen LogP contribution in [0.1, 0.15) is 48.9 Å². The number of rotatable bonds is 6. The molecule has 0 bridgehead atoms. The number of pyridine rings is 1. The zero-order valence-electron chi connectivity index (χ0n) is 14.9. The third-order valence-corrected chi connectivity index (χ3v) is 4.66. The van der Waals surface area contributed by atoms with Gasteiger partial charge in [-0.25, -0.2) is 4.79 Å². The fraction of sp³-hybridized carbons (Fsp3) is 0.400. The van der Waals surface area contributed by atoms with Gasteiger partial charge in [-0.15, -0.1) is 0 Å². The Bertz CT molecular complexity index is 718. The molecular formula is C20H25N3O2. The van der Waals surface area contributed by atoms with Gasteiger partial charge in [-0.05, 0) is 41.3 Å². The summed E-state index contributed by atoms with van der Waals surface area (Å²) in [4.78, 5) is 18.7. The molecule has 2 heterocycles. The molecule has 1 N–H and O–H groups in total. The minimum atomic E-state index is -0.108. The van der Waals surface area contributed by atoms with E-state index in [1.54, 1.807) is 11.1 Å². The lowest BCUT2D eigenvalue weighted by Gasteiger charge is -2.28. The Balaban J connectivity index is 1.72. The predicted octanol–water partition coefficient (Wildman–Crippen LogP) is 4.51. The Morgan fingerprint density at radius 3 is 2.92 bits per heavy atom. The van der Waals surface area contributed by atoms with Crippen molar-refractivity contribution in [1.29, 1.82) is 0 Å². The summed E-state index contributed by atoms with van der Waals surface area (Å²) in [5.41, 5.74) is 4.22. The summed E-state index contributed by atoms with van der Waals surface area (Å²) >= 11 is 0. The van der Waals surface area contributed by atoms with Crippen LogP contribution in [0, 0.1) is 0 Å². The average Bonchev–Trinajstić information content (AvgIpc) is 3.10. The molecule has 0 radical (unpaired) electrons. The third kappa shape index (κ3) is 4.17. The molecule has 5 heteroatoms. The van der Waals surface area contributed by atoms with Crippen molar-refractivity contribution in [1.82, 2.24) is 9.88 Å². The van der Waals surface area contributed by atoms with Gasteiger partial charge in [0.25, 0.3) is 0 Å². The van der Waals surface area contributed by atoms with Crippen LogP contribution < -0.4 is 5.32 Å². The van der Waals surface area contributed by atoms with Crippen LogP contribution in [0.25, 0.3) is 0 Å². The van der Waals surface area contributed by atoms with Crippen molar-refractivity contribution in [3.05, 3.63) is 59.4 Å². The molecule has 5 nitrogen and oxygen atoms in total. The van der Waals surface area contributed by atoms with Crippen LogP contribution in [0.4, 0.5) is 10.5 Å². The summed E-state index contributed by atoms with van der Waals surface area (Å²) in [5.74, 6) is 0. The molecular weight excluding hydrogens is 314 g/mol. The van der Waals surface area contributed by atoms with Gasteiger partial charge in [0, 0.05) is 25.1 Å². The van der Waals surface area contributed by atoms with Crippen LogP contribution in [0.15, 0.2) is 42.7 Å². The van der Waals surface area contributed by atoms with Gasteiger partial charge in [-0.2, -0.15) is 0 Å². The second kappa shape index (κ2) is 8.12. The maximum absolute atomic E-state index is 12.8. The first-order valence-corrected chi connectivity index (χ1v) is 8.82. The number of hydrogen-bond donors (Lipinski definition) is 1. The van der Waals surface area contributed by atoms with Crippen LogP contribution in [-0.4, -0.2) is 23.0 Å². The molecule has 25 heavy (non-hydrogen) atoms. The fourth-order valence-corrected chi connectivity index (χ4v) is 3.16. The van der Waals surface area contributed by atoms with Crippen molar-refractivity contribution in [2.24, 2.45) is 0 Å². The molecule has 132 valence electrons. The van der Waals surface area contributed by atoms with E-state index >= 15 is 0 Å². The quantitative estimate of drug-likeness (QED) is 0.842. The fourth-order valence-electron chi connectivity index (χ4n) is 3.16. The Morgan fingerprint density at radius 1 is 1.32 bits per heavy atom. The zero-order valence-corrected chi connectivity index (χ0v) is 14.9. The normalized spacial score (nSPS) is 14.0. The molecule has 1 atom stereocenters. The number of nitrogens with one attached hydrogen (secondary N) is 1. The van der Waals surface area contributed by atoms with Crippen molar-refractivity contribution in [2.75, 3.05) is 12.4 Å². The minimum Gasteiger partial charge on any atom is -0.372 e. The van der Waals surface area contributed by atoms with Gasteiger partial charge in [-0.1, -0.05) is 31.9 Å². The molecule has 0 unspecified atom stereocenters. The van der Waals surface area contributed by atoms with Crippen molar-refractivity contribution >= 4 is 11.7 Å². The zero-order chi connectivity index (χ0) is 17.6. The molecule has 0 saturated carbocycles. The molecule has 0 fully saturated rings. The second-order valence-corrected chi connectivity index (χ2v) is 6.46. The molecule has 2 amide bonds. The molecule has 0 saturated heterocycles. The summed E-state index contributed by atoms with van der Waals surface area (Å²) in [6, 6.07) is 9.82. The van der Waals surface area contributed by atoms with Gasteiger partial charge in [0.2, 0.25) is 0 Å². The highest BCUT2D eigenvalue weighted by molar-refractivity contribution is 5.89. The average molecular weight is 339 g/mol. The summed E-state index contributed by atoms with van der Waals surface area (Å²) in [5, 5.41) is 3.01. The van der Waals surface area contributed by atoms with Crippen molar-refractivity contribution in [3.8, 4) is 0 Å². The van der Waals surface area contributed by atoms with Crippen LogP contribution in [0.3, 0.4) is 0 Å². The number of amides is 2. The molecule has 1 aromatic carbocycles. The van der Waals surface area contributed by atoms with E-state index in [2.05, 4.69) is 17.2 Å². The standard InChI is InChI=1S/C20H25N3O2/c1-3-4-7-19(15-6-5-10-21-12-15)23(2)20(24)22-18-9-8-16-13-25-14-17(16)11-18/h5-6,8-12,19H,3-4,7,13-14H2,1-2H3,(H,22,24)/t19-/m0/s1. The van der Waals surface area contributed by atoms with E-state index < -0.39 is 0 Å². The Morgan fingerprint density at radius 2 is 2.16 bits per heavy atom. The molecule has 1 aromatic heterocycles. The number of nitrogens with zero attached hydrogens (tertiary/aromatic N) is 2. The number of unbranched alkanes of at least 4 members (excludes halogenated alkanes) is 1. The molecule has 0 aliphatic carbocycles. The molecule has 2 aromatic rings. The van der Waals surface area contributed by atoms with E-state index in [1.165, 1.54) is 5.56 Å². The van der Waals surface area contributed by atoms with Gasteiger partial charge in [0.15, 0.2) is 0 Å². The first kappa shape index (κ1) is 17.4. The van der Waals surface area contributed by atoms with Crippen LogP contribution in [-0.2, 0) is 18.0 Å². The van der Waals surface area contributed by atoms with E-state index in [9.17, 15) is 4.79 Å². The largest absolute Gasteiger partial charge is 0.372 e. The van der Waals surface area contributed by atoms with E-state index in [-0.39, 0.29) is 12.1 Å². The molecule has 1 aliphatic heterocycles. The van der Waals surface area contributed by atoms with E-state index in [0.29, 0.717) is 13.2 Å². The number of hydrogen-bond acceptors (Lipinski definition) is 3. The highest BCUT2D eigenvalue weighted by atomic mass is 16.5. The number of carbonyl (C=O) groups is 1. The van der Waals surface area contributed by atoms with E-state index in [1.807, 2.05) is 43.6 Å². The lowest BCUT2D eigenvalue weighted by Crippen LogP contribution is -2.35. The number of urea groups is 1. The topological polar surface area (TPSA) is 54.5 Å². The van der Waals surface area contributed by atoms with Gasteiger partial charge < -0.3 is 15.0 Å². The van der Waals surface area contributed by atoms with Crippen molar-refractivity contribution < 1.29 is 9.53 Å². The van der Waals surface area contributed by atoms with Gasteiger partial charge >= 0.3 is 6.03 Å². The number of benzene rings is 1. The molecule has 1 aliphatic rings. The maximum Gasteiger partial charge on any atom is 0.322 e. The smallest absolute Gasteiger partial charge is 0.322 e. The van der Waals surface area contributed by atoms with Gasteiger partial charge in [0.05, 0.1) is 19.3 Å². The summed E-state index contributed by atoms with van der Waals surface area (Å²) in [7, 11) is 1.85. The number of fused-ring (bicyclic) bond motifs is 1. The Hall–Kier alpha value is -2.40. The van der Waals surface area contributed by atoms with Gasteiger partial charge in [-0.3, -0.25) is 4.98 Å². The van der Waals surface area contributed by atoms with Crippen LogP contribution >= 0.6 is 0 Å². The van der Waals surface area contributed by atoms with E-state index in [0.717, 1.165) is 36.1 Å². The summed E-state index contributed by atoms with van der Waals surface area (Å²) < 4.78 is 5.43. The lowest BCUT2D eigenvalue weighted by molar-refractivity contribution is 0.134. The Labute approximate surface area is 149 Å². The number of aromatic nitrogens is 1. The highest BCUT2D eigenvalue weighted by Crippen LogP contribution is 2.27. The summed E-state index contributed by atoms with van der Waals surface area (Å²) in [6.07, 6.45) is 6.68. The van der Waals surface area contributed by atoms with Crippen LogP contribution in [0.2, 0.25) is 0 Å².